The molecule has 2 amide bonds. The lowest BCUT2D eigenvalue weighted by Gasteiger charge is -2.63. The van der Waals surface area contributed by atoms with Crippen molar-refractivity contribution in [2.45, 2.75) is 90.6 Å². The van der Waals surface area contributed by atoms with E-state index in [9.17, 15) is 14.9 Å². The van der Waals surface area contributed by atoms with Crippen molar-refractivity contribution in [2.24, 2.45) is 34.5 Å². The van der Waals surface area contributed by atoms with Crippen molar-refractivity contribution >= 4 is 11.8 Å². The van der Waals surface area contributed by atoms with E-state index in [0.29, 0.717) is 17.3 Å². The molecular weight excluding hydrogens is 362 g/mol. The quantitative estimate of drug-likeness (QED) is 0.766. The lowest BCUT2D eigenvalue weighted by molar-refractivity contribution is -0.176. The van der Waals surface area contributed by atoms with Gasteiger partial charge in [-0.25, -0.2) is 0 Å². The topological polar surface area (TPSA) is 73.2 Å². The molecule has 4 rings (SSSR count). The minimum Gasteiger partial charge on any atom is -0.342 e. The number of likely N-dealkylation sites (tertiary alicyclic amines) is 1. The SMILES string of the molecule is CN1C(=O)C[C@@H](C(=O)NC(C)(C)C#N)[C@]2(C)[C@H]3CC[C@]4(C)CCC[C@H]4[C@@H]3CC[C@@H]12. The number of carbonyl (C=O) groups is 2. The molecule has 4 aliphatic rings. The van der Waals surface area contributed by atoms with E-state index < -0.39 is 5.54 Å². The maximum Gasteiger partial charge on any atom is 0.225 e. The fraction of sp³-hybridized carbons (Fsp3) is 0.875. The molecule has 0 aromatic heterocycles. The van der Waals surface area contributed by atoms with Crippen LogP contribution in [0.15, 0.2) is 0 Å². The Hall–Kier alpha value is -1.57. The fourth-order valence-electron chi connectivity index (χ4n) is 7.98. The summed E-state index contributed by atoms with van der Waals surface area (Å²) in [6.07, 6.45) is 8.87. The minimum atomic E-state index is -0.917. The molecule has 0 radical (unpaired) electrons. The van der Waals surface area contributed by atoms with Gasteiger partial charge in [-0.2, -0.15) is 5.26 Å². The van der Waals surface area contributed by atoms with E-state index in [1.54, 1.807) is 13.8 Å². The largest absolute Gasteiger partial charge is 0.342 e. The minimum absolute atomic E-state index is 0.0716. The van der Waals surface area contributed by atoms with Crippen LogP contribution in [0.25, 0.3) is 0 Å². The molecule has 0 aromatic rings. The lowest BCUT2D eigenvalue weighted by Crippen LogP contribution is -2.67. The van der Waals surface area contributed by atoms with Gasteiger partial charge in [0.2, 0.25) is 11.8 Å². The maximum absolute atomic E-state index is 13.4. The number of nitrogens with one attached hydrogen (secondary N) is 1. The Morgan fingerprint density at radius 1 is 1.17 bits per heavy atom. The Labute approximate surface area is 175 Å². The molecule has 5 heteroatoms. The predicted octanol–water partition coefficient (Wildman–Crippen LogP) is 3.88. The van der Waals surface area contributed by atoms with E-state index in [1.807, 2.05) is 11.9 Å². The summed E-state index contributed by atoms with van der Waals surface area (Å²) in [4.78, 5) is 28.2. The number of nitrogens with zero attached hydrogens (tertiary/aromatic N) is 2. The van der Waals surface area contributed by atoms with Crippen molar-refractivity contribution in [3.05, 3.63) is 0 Å². The summed E-state index contributed by atoms with van der Waals surface area (Å²) in [6, 6.07) is 2.30. The molecule has 160 valence electrons. The summed E-state index contributed by atoms with van der Waals surface area (Å²) < 4.78 is 0. The number of amides is 2. The van der Waals surface area contributed by atoms with Gasteiger partial charge in [-0.1, -0.05) is 20.3 Å². The van der Waals surface area contributed by atoms with Crippen LogP contribution >= 0.6 is 0 Å². The standard InChI is InChI=1S/C24H37N3O2/c1-22(2,14-25)26-21(29)18-13-20(28)27(5)19-9-8-15-16-7-6-11-23(16,3)12-10-17(15)24(18,19)4/h15-19H,6-13H2,1-5H3,(H,26,29)/t15-,16-,17-,18-,19+,23-,24-/m0/s1. The lowest BCUT2D eigenvalue weighted by atomic mass is 9.45. The zero-order valence-corrected chi connectivity index (χ0v) is 18.8. The Bertz CT molecular complexity index is 756. The van der Waals surface area contributed by atoms with Gasteiger partial charge < -0.3 is 10.2 Å². The van der Waals surface area contributed by atoms with Gasteiger partial charge in [0.1, 0.15) is 5.54 Å². The number of fused-ring (bicyclic) bond motifs is 5. The van der Waals surface area contributed by atoms with Gasteiger partial charge in [-0.05, 0) is 75.5 Å². The van der Waals surface area contributed by atoms with Crippen molar-refractivity contribution < 1.29 is 9.59 Å². The molecule has 7 atom stereocenters. The highest BCUT2D eigenvalue weighted by Crippen LogP contribution is 2.65. The molecule has 0 bridgehead atoms. The Morgan fingerprint density at radius 2 is 1.90 bits per heavy atom. The Balaban J connectivity index is 1.70. The third-order valence-electron chi connectivity index (χ3n) is 9.53. The van der Waals surface area contributed by atoms with Gasteiger partial charge in [0.25, 0.3) is 0 Å². The highest BCUT2D eigenvalue weighted by atomic mass is 16.2. The number of hydrogen-bond donors (Lipinski definition) is 1. The average Bonchev–Trinajstić information content (AvgIpc) is 3.06. The molecule has 29 heavy (non-hydrogen) atoms. The second-order valence-electron chi connectivity index (χ2n) is 11.4. The summed E-state index contributed by atoms with van der Waals surface area (Å²) in [5.41, 5.74) is -0.660. The van der Waals surface area contributed by atoms with Crippen LogP contribution in [-0.2, 0) is 9.59 Å². The number of hydrogen-bond acceptors (Lipinski definition) is 3. The van der Waals surface area contributed by atoms with Gasteiger partial charge in [-0.3, -0.25) is 9.59 Å². The Morgan fingerprint density at radius 3 is 2.59 bits per heavy atom. The number of carbonyl (C=O) groups excluding carboxylic acids is 2. The summed E-state index contributed by atoms with van der Waals surface area (Å²) >= 11 is 0. The van der Waals surface area contributed by atoms with Crippen LogP contribution in [0.1, 0.15) is 79.1 Å². The van der Waals surface area contributed by atoms with Gasteiger partial charge >= 0.3 is 0 Å². The number of nitriles is 1. The molecule has 5 nitrogen and oxygen atoms in total. The molecule has 0 spiro atoms. The van der Waals surface area contributed by atoms with Gasteiger partial charge in [0.05, 0.1) is 12.0 Å². The molecule has 4 fully saturated rings. The van der Waals surface area contributed by atoms with Gasteiger partial charge in [0, 0.05) is 24.9 Å². The first-order valence-corrected chi connectivity index (χ1v) is 11.5. The molecule has 0 unspecified atom stereocenters. The molecule has 3 aliphatic carbocycles. The van der Waals surface area contributed by atoms with Crippen LogP contribution in [0.4, 0.5) is 0 Å². The molecule has 1 aliphatic heterocycles. The molecule has 1 heterocycles. The van der Waals surface area contributed by atoms with E-state index in [0.717, 1.165) is 18.8 Å². The van der Waals surface area contributed by atoms with E-state index >= 15 is 0 Å². The normalized spacial score (nSPS) is 44.3. The summed E-state index contributed by atoms with van der Waals surface area (Å²) in [5, 5.41) is 12.4. The van der Waals surface area contributed by atoms with Crippen LogP contribution in [0.5, 0.6) is 0 Å². The summed E-state index contributed by atoms with van der Waals surface area (Å²) in [5.74, 6) is 1.53. The molecule has 0 aromatic carbocycles. The summed E-state index contributed by atoms with van der Waals surface area (Å²) in [6.45, 7) is 8.25. The highest BCUT2D eigenvalue weighted by molar-refractivity contribution is 5.88. The first kappa shape index (κ1) is 20.7. The van der Waals surface area contributed by atoms with Crippen LogP contribution in [0.3, 0.4) is 0 Å². The average molecular weight is 400 g/mol. The van der Waals surface area contributed by atoms with Crippen molar-refractivity contribution in [2.75, 3.05) is 7.05 Å². The Kier molecular flexibility index (Phi) is 4.80. The second kappa shape index (κ2) is 6.72. The number of piperidine rings is 1. The maximum atomic E-state index is 13.4. The van der Waals surface area contributed by atoms with Crippen molar-refractivity contribution in [1.29, 1.82) is 5.26 Å². The second-order valence-corrected chi connectivity index (χ2v) is 11.4. The van der Waals surface area contributed by atoms with E-state index in [1.165, 1.54) is 32.1 Å². The van der Waals surface area contributed by atoms with Gasteiger partial charge in [0.15, 0.2) is 0 Å². The van der Waals surface area contributed by atoms with E-state index in [-0.39, 0.29) is 35.6 Å². The van der Waals surface area contributed by atoms with Gasteiger partial charge in [-0.15, -0.1) is 0 Å². The molecular formula is C24H37N3O2. The number of rotatable bonds is 2. The van der Waals surface area contributed by atoms with E-state index in [4.69, 9.17) is 0 Å². The third-order valence-corrected chi connectivity index (χ3v) is 9.53. The van der Waals surface area contributed by atoms with Crippen LogP contribution in [0.2, 0.25) is 0 Å². The van der Waals surface area contributed by atoms with Crippen molar-refractivity contribution in [1.82, 2.24) is 10.2 Å². The monoisotopic (exact) mass is 399 g/mol. The highest BCUT2D eigenvalue weighted by Gasteiger charge is 2.63. The smallest absolute Gasteiger partial charge is 0.225 e. The molecule has 1 saturated heterocycles. The molecule has 3 saturated carbocycles. The van der Waals surface area contributed by atoms with Crippen LogP contribution < -0.4 is 5.32 Å². The zero-order valence-electron chi connectivity index (χ0n) is 18.8. The zero-order chi connectivity index (χ0) is 21.2. The van der Waals surface area contributed by atoms with Crippen molar-refractivity contribution in [3.63, 3.8) is 0 Å². The van der Waals surface area contributed by atoms with E-state index in [2.05, 4.69) is 25.2 Å². The third kappa shape index (κ3) is 3.01. The summed E-state index contributed by atoms with van der Waals surface area (Å²) in [7, 11) is 1.93. The first-order valence-electron chi connectivity index (χ1n) is 11.5. The predicted molar refractivity (Wildman–Crippen MR) is 112 cm³/mol. The van der Waals surface area contributed by atoms with Crippen LogP contribution in [0, 0.1) is 45.8 Å². The van der Waals surface area contributed by atoms with Crippen LogP contribution in [-0.4, -0.2) is 35.3 Å². The fourth-order valence-corrected chi connectivity index (χ4v) is 7.98. The first-order chi connectivity index (χ1) is 13.5. The molecule has 1 N–H and O–H groups in total. The van der Waals surface area contributed by atoms with Crippen molar-refractivity contribution in [3.8, 4) is 6.07 Å².